The van der Waals surface area contributed by atoms with Gasteiger partial charge >= 0.3 is 5.97 Å². The monoisotopic (exact) mass is 751 g/mol. The third-order valence-electron chi connectivity index (χ3n) is 11.8. The Kier molecular flexibility index (Phi) is 16.3. The molecular formula is C37H69NO14. The molecule has 7 N–H and O–H groups in total. The van der Waals surface area contributed by atoms with Crippen LogP contribution in [0.15, 0.2) is 0 Å². The average Bonchev–Trinajstić information content (AvgIpc) is 3.05. The molecule has 0 aliphatic carbocycles. The highest BCUT2D eigenvalue weighted by atomic mass is 16.7. The molecule has 52 heavy (non-hydrogen) atoms. The molecule has 15 nitrogen and oxygen atoms in total. The molecule has 0 bridgehead atoms. The Hall–Kier alpha value is -1.34. The first-order valence-electron chi connectivity index (χ1n) is 18.5. The number of methoxy groups -OCH3 is 1. The summed E-state index contributed by atoms with van der Waals surface area (Å²) in [5.41, 5.74) is -4.84. The summed E-state index contributed by atoms with van der Waals surface area (Å²) in [4.78, 5) is 29.8. The van der Waals surface area contributed by atoms with E-state index in [4.69, 9.17) is 28.4 Å². The Balaban J connectivity index is 0.00000936. The Morgan fingerprint density at radius 3 is 2.02 bits per heavy atom. The van der Waals surface area contributed by atoms with Crippen LogP contribution in [0.3, 0.4) is 0 Å². The van der Waals surface area contributed by atoms with Gasteiger partial charge in [0.1, 0.15) is 29.7 Å². The maximum absolute atomic E-state index is 14.1. The van der Waals surface area contributed by atoms with Gasteiger partial charge in [0.25, 0.3) is 0 Å². The molecule has 3 heterocycles. The van der Waals surface area contributed by atoms with Crippen LogP contribution in [-0.2, 0) is 38.0 Å². The number of ketones is 1. The molecule has 0 amide bonds. The van der Waals surface area contributed by atoms with Gasteiger partial charge in [0.15, 0.2) is 12.6 Å². The third-order valence-corrected chi connectivity index (χ3v) is 11.8. The van der Waals surface area contributed by atoms with E-state index in [-0.39, 0.29) is 36.9 Å². The van der Waals surface area contributed by atoms with E-state index in [0.29, 0.717) is 6.42 Å². The smallest absolute Gasteiger partial charge is 0.311 e. The van der Waals surface area contributed by atoms with Gasteiger partial charge in [-0.25, -0.2) is 0 Å². The van der Waals surface area contributed by atoms with Crippen molar-refractivity contribution < 1.29 is 69.0 Å². The topological polar surface area (TPSA) is 225 Å². The Labute approximate surface area is 309 Å². The zero-order valence-electron chi connectivity index (χ0n) is 33.4. The lowest BCUT2D eigenvalue weighted by atomic mass is 9.74. The fraction of sp³-hybridized carbons (Fsp3) is 0.946. The average molecular weight is 752 g/mol. The highest BCUT2D eigenvalue weighted by Crippen LogP contribution is 2.40. The molecule has 0 radical (unpaired) electrons. The maximum Gasteiger partial charge on any atom is 0.311 e. The van der Waals surface area contributed by atoms with Crippen LogP contribution >= 0.6 is 0 Å². The molecule has 0 aromatic rings. The van der Waals surface area contributed by atoms with E-state index < -0.39 is 108 Å². The molecule has 0 unspecified atom stereocenters. The van der Waals surface area contributed by atoms with Crippen LogP contribution in [0.2, 0.25) is 0 Å². The van der Waals surface area contributed by atoms with Crippen molar-refractivity contribution in [3.63, 3.8) is 0 Å². The molecule has 3 aliphatic heterocycles. The Bertz CT molecular complexity index is 1170. The van der Waals surface area contributed by atoms with E-state index >= 15 is 0 Å². The molecule has 306 valence electrons. The van der Waals surface area contributed by atoms with Gasteiger partial charge in [-0.15, -0.1) is 0 Å². The van der Waals surface area contributed by atoms with Crippen molar-refractivity contribution in [3.05, 3.63) is 0 Å². The zero-order valence-corrected chi connectivity index (χ0v) is 33.4. The maximum atomic E-state index is 14.1. The summed E-state index contributed by atoms with van der Waals surface area (Å²) in [6.45, 7) is 16.3. The van der Waals surface area contributed by atoms with Crippen molar-refractivity contribution in [3.8, 4) is 0 Å². The standard InChI is InChI=1S/C37H67NO13.H2O/c1-14-25-37(10,45)30(41)20(4)27(39)18(2)16-35(8,44)32(51-34-28(40)24(38(11)12)15-19(3)47-34)21(5)29(22(6)33(43)49-25)50-26-17-36(9,46-13)31(42)23(7)48-26;/h18-26,28-32,34,40-42,44-45H,14-17H2,1-13H3;1H2/t18-,19-,20+,21+,22-,23+,24+,25-,26-,28-,29+,30-,31+,32-,34+,35-,36-,37-;/m1./s1. The van der Waals surface area contributed by atoms with Gasteiger partial charge in [-0.3, -0.25) is 9.59 Å². The number of Topliss-reactive ketones (excluding diaryl/α,β-unsaturated/α-hetero) is 1. The van der Waals surface area contributed by atoms with E-state index in [1.807, 2.05) is 25.9 Å². The normalized spacial score (nSPS) is 48.8. The molecule has 18 atom stereocenters. The van der Waals surface area contributed by atoms with Gasteiger partial charge in [-0.05, 0) is 74.9 Å². The van der Waals surface area contributed by atoms with Crippen LogP contribution in [-0.4, -0.2) is 153 Å². The van der Waals surface area contributed by atoms with E-state index in [1.54, 1.807) is 41.5 Å². The minimum atomic E-state index is -1.99. The van der Waals surface area contributed by atoms with Crippen molar-refractivity contribution in [2.24, 2.45) is 23.7 Å². The fourth-order valence-corrected chi connectivity index (χ4v) is 8.41. The number of carbonyl (C=O) groups excluding carboxylic acids is 2. The van der Waals surface area contributed by atoms with Gasteiger partial charge in [0, 0.05) is 37.3 Å². The van der Waals surface area contributed by atoms with Crippen molar-refractivity contribution in [1.29, 1.82) is 0 Å². The second kappa shape index (κ2) is 18.1. The summed E-state index contributed by atoms with van der Waals surface area (Å²) < 4.78 is 37.1. The number of cyclic esters (lactones) is 1. The molecule has 0 spiro atoms. The summed E-state index contributed by atoms with van der Waals surface area (Å²) in [5.74, 6) is -4.98. The molecule has 0 saturated carbocycles. The second-order valence-electron chi connectivity index (χ2n) is 16.5. The highest BCUT2D eigenvalue weighted by Gasteiger charge is 2.53. The first-order chi connectivity index (χ1) is 23.4. The first-order valence-corrected chi connectivity index (χ1v) is 18.5. The fourth-order valence-electron chi connectivity index (χ4n) is 8.41. The van der Waals surface area contributed by atoms with Crippen LogP contribution < -0.4 is 0 Å². The van der Waals surface area contributed by atoms with Crippen LogP contribution in [0.1, 0.15) is 94.9 Å². The molecule has 3 fully saturated rings. The van der Waals surface area contributed by atoms with Crippen LogP contribution in [0.5, 0.6) is 0 Å². The largest absolute Gasteiger partial charge is 0.459 e. The molecular weight excluding hydrogens is 682 g/mol. The molecule has 3 saturated heterocycles. The molecule has 0 aromatic heterocycles. The SMILES string of the molecule is CC[C@H]1OC(=O)[C@H](C)[C@@H](O[C@@H]2C[C@@](C)(OC)[C@@H](O)[C@H](C)O2)[C@H](C)[C@@H](O[C@@H]2O[C@H](C)C[C@H](N(C)C)[C@H]2O)[C@](C)(O)C[C@@H](C)C(=O)[C@H](C)[C@@H](O)[C@]1(C)O.O. The first kappa shape index (κ1) is 46.8. The number of rotatable bonds is 7. The number of hydrogen-bond acceptors (Lipinski definition) is 14. The summed E-state index contributed by atoms with van der Waals surface area (Å²) >= 11 is 0. The van der Waals surface area contributed by atoms with Crippen molar-refractivity contribution in [1.82, 2.24) is 4.90 Å². The van der Waals surface area contributed by atoms with Crippen molar-refractivity contribution >= 4 is 11.8 Å². The number of aliphatic hydroxyl groups is 5. The third kappa shape index (κ3) is 9.90. The van der Waals surface area contributed by atoms with E-state index in [1.165, 1.54) is 27.9 Å². The molecule has 3 aliphatic rings. The Morgan fingerprint density at radius 1 is 0.885 bits per heavy atom. The lowest BCUT2D eigenvalue weighted by Gasteiger charge is -2.49. The van der Waals surface area contributed by atoms with Gasteiger partial charge < -0.3 is 64.3 Å². The lowest BCUT2D eigenvalue weighted by molar-refractivity contribution is -0.318. The van der Waals surface area contributed by atoms with E-state index in [0.717, 1.165) is 0 Å². The molecule has 0 aromatic carbocycles. The highest BCUT2D eigenvalue weighted by molar-refractivity contribution is 5.83. The van der Waals surface area contributed by atoms with Crippen molar-refractivity contribution in [2.75, 3.05) is 21.2 Å². The van der Waals surface area contributed by atoms with Gasteiger partial charge in [-0.1, -0.05) is 27.7 Å². The number of ether oxygens (including phenoxy) is 6. The predicted molar refractivity (Wildman–Crippen MR) is 190 cm³/mol. The van der Waals surface area contributed by atoms with E-state index in [2.05, 4.69) is 0 Å². The second-order valence-corrected chi connectivity index (χ2v) is 16.5. The number of hydrogen-bond donors (Lipinski definition) is 5. The van der Waals surface area contributed by atoms with Crippen LogP contribution in [0.4, 0.5) is 0 Å². The number of aliphatic hydroxyl groups excluding tert-OH is 3. The zero-order chi connectivity index (χ0) is 39.0. The van der Waals surface area contributed by atoms with Gasteiger partial charge in [-0.2, -0.15) is 0 Å². The summed E-state index contributed by atoms with van der Waals surface area (Å²) in [7, 11) is 5.18. The minimum absolute atomic E-state index is 0. The quantitative estimate of drug-likeness (QED) is 0.229. The number of likely N-dealkylation sites (N-methyl/N-ethyl adjacent to an activating group) is 1. The van der Waals surface area contributed by atoms with Crippen LogP contribution in [0.25, 0.3) is 0 Å². The predicted octanol–water partition coefficient (Wildman–Crippen LogP) is 0.961. The number of carbonyl (C=O) groups is 2. The lowest BCUT2D eigenvalue weighted by Crippen LogP contribution is -2.61. The van der Waals surface area contributed by atoms with Gasteiger partial charge in [0.05, 0.1) is 47.6 Å². The van der Waals surface area contributed by atoms with Gasteiger partial charge in [0.2, 0.25) is 0 Å². The minimum Gasteiger partial charge on any atom is -0.459 e. The summed E-state index contributed by atoms with van der Waals surface area (Å²) in [6, 6.07) is -0.324. The van der Waals surface area contributed by atoms with Crippen LogP contribution in [0, 0.1) is 23.7 Å². The number of nitrogens with zero attached hydrogens (tertiary/aromatic N) is 1. The molecule has 3 rings (SSSR count). The van der Waals surface area contributed by atoms with E-state index in [9.17, 15) is 35.1 Å². The Morgan fingerprint density at radius 2 is 1.48 bits per heavy atom. The molecule has 15 heteroatoms. The number of esters is 1. The summed E-state index contributed by atoms with van der Waals surface area (Å²) in [6.07, 6.45) is -9.71. The van der Waals surface area contributed by atoms with Crippen molar-refractivity contribution in [2.45, 2.75) is 179 Å². The summed E-state index contributed by atoms with van der Waals surface area (Å²) in [5, 5.41) is 57.6.